The maximum absolute atomic E-state index is 2.60. The Morgan fingerprint density at radius 1 is 0.324 bits per heavy atom. The maximum Gasteiger partial charge on any atom is -0.000741 e. The first kappa shape index (κ1) is 46.4. The Bertz CT molecular complexity index is 3740. The van der Waals surface area contributed by atoms with Gasteiger partial charge in [-0.05, 0) is 172 Å². The highest BCUT2D eigenvalue weighted by Crippen LogP contribution is 2.53. The van der Waals surface area contributed by atoms with Gasteiger partial charge in [-0.2, -0.15) is 0 Å². The third-order valence-electron chi connectivity index (χ3n) is 15.4. The van der Waals surface area contributed by atoms with Crippen LogP contribution in [0.15, 0.2) is 170 Å². The monoisotopic (exact) mass is 921 g/mol. The van der Waals surface area contributed by atoms with Crippen LogP contribution in [0.2, 0.25) is 0 Å². The molecule has 0 N–H and O–H groups in total. The third kappa shape index (κ3) is 7.65. The van der Waals surface area contributed by atoms with Crippen molar-refractivity contribution in [1.82, 2.24) is 0 Å². The molecule has 0 amide bonds. The molecule has 0 unspecified atom stereocenters. The van der Waals surface area contributed by atoms with Gasteiger partial charge in [0.1, 0.15) is 0 Å². The van der Waals surface area contributed by atoms with Crippen molar-refractivity contribution >= 4 is 33.2 Å². The van der Waals surface area contributed by atoms with Crippen molar-refractivity contribution in [3.05, 3.63) is 214 Å². The van der Waals surface area contributed by atoms with Crippen LogP contribution in [0, 0.1) is 0 Å². The molecule has 0 nitrogen and oxygen atoms in total. The molecule has 0 bridgehead atoms. The van der Waals surface area contributed by atoms with Crippen LogP contribution in [-0.2, 0) is 21.7 Å². The fourth-order valence-electron chi connectivity index (χ4n) is 11.6. The molecule has 11 rings (SSSR count). The summed E-state index contributed by atoms with van der Waals surface area (Å²) in [5.41, 5.74) is 24.6. The van der Waals surface area contributed by atoms with E-state index in [1.165, 1.54) is 138 Å². The molecule has 9 aromatic carbocycles. The van der Waals surface area contributed by atoms with Crippen molar-refractivity contribution < 1.29 is 0 Å². The van der Waals surface area contributed by atoms with Gasteiger partial charge < -0.3 is 0 Å². The Hall–Kier alpha value is -7.02. The average Bonchev–Trinajstić information content (AvgIpc) is 3.87. The molecule has 0 heterocycles. The second-order valence-corrected chi connectivity index (χ2v) is 24.5. The fraction of sp³-hybridized carbons (Fsp3) is 0.239. The predicted octanol–water partition coefficient (Wildman–Crippen LogP) is 18.4. The molecule has 9 aromatic rings. The van der Waals surface area contributed by atoms with Gasteiger partial charge in [-0.15, -0.1) is 0 Å². The quantitative estimate of drug-likeness (QED) is 0.161. The van der Waals surface area contributed by atoms with E-state index in [0.717, 1.165) is 0 Å². The van der Waals surface area contributed by atoms with Crippen molar-refractivity contribution in [3.8, 4) is 66.8 Å². The summed E-state index contributed by atoms with van der Waals surface area (Å²) in [5, 5.41) is 7.73. The normalized spacial score (nSPS) is 13.5. The van der Waals surface area contributed by atoms with Gasteiger partial charge in [-0.1, -0.05) is 253 Å². The van der Waals surface area contributed by atoms with Crippen LogP contribution in [-0.4, -0.2) is 0 Å². The molecule has 0 radical (unpaired) electrons. The summed E-state index contributed by atoms with van der Waals surface area (Å²) in [6, 6.07) is 60.5. The number of benzene rings is 9. The largest absolute Gasteiger partial charge is 0.0870 e. The van der Waals surface area contributed by atoms with Gasteiger partial charge in [0.25, 0.3) is 0 Å². The first-order valence-corrected chi connectivity index (χ1v) is 25.9. The number of hydrogen-bond acceptors (Lipinski definition) is 0. The summed E-state index contributed by atoms with van der Waals surface area (Å²) in [4.78, 5) is 0. The molecule has 0 saturated carbocycles. The minimum atomic E-state index is -0.0465. The average molecular weight is 921 g/mol. The van der Waals surface area contributed by atoms with E-state index in [9.17, 15) is 0 Å². The van der Waals surface area contributed by atoms with Gasteiger partial charge in [0.2, 0.25) is 0 Å². The summed E-state index contributed by atoms with van der Waals surface area (Å²) >= 11 is 0. The fourth-order valence-corrected chi connectivity index (χ4v) is 11.6. The van der Waals surface area contributed by atoms with Crippen LogP contribution in [0.25, 0.3) is 100.0 Å². The van der Waals surface area contributed by atoms with Crippen LogP contribution in [0.1, 0.15) is 123 Å². The summed E-state index contributed by atoms with van der Waals surface area (Å²) in [6.07, 6.45) is 7.26. The van der Waals surface area contributed by atoms with Gasteiger partial charge in [-0.3, -0.25) is 0 Å². The van der Waals surface area contributed by atoms with Gasteiger partial charge in [0.05, 0.1) is 0 Å². The van der Waals surface area contributed by atoms with Gasteiger partial charge >= 0.3 is 0 Å². The van der Waals surface area contributed by atoms with Crippen LogP contribution in [0.3, 0.4) is 0 Å². The van der Waals surface area contributed by atoms with E-state index in [1.807, 2.05) is 0 Å². The number of allylic oxidation sites excluding steroid dienone is 2. The maximum atomic E-state index is 2.60. The molecule has 0 spiro atoms. The molecule has 0 fully saturated rings. The summed E-state index contributed by atoms with van der Waals surface area (Å²) < 4.78 is 0. The third-order valence-corrected chi connectivity index (χ3v) is 15.4. The highest BCUT2D eigenvalue weighted by molar-refractivity contribution is 6.20. The van der Waals surface area contributed by atoms with E-state index in [2.05, 4.69) is 266 Å². The molecule has 0 saturated heterocycles. The smallest absolute Gasteiger partial charge is 0.000741 e. The lowest BCUT2D eigenvalue weighted by atomic mass is 9.75. The minimum absolute atomic E-state index is 0.0439. The van der Waals surface area contributed by atoms with Crippen LogP contribution in [0.4, 0.5) is 0 Å². The van der Waals surface area contributed by atoms with Gasteiger partial charge in [0.15, 0.2) is 0 Å². The zero-order valence-corrected chi connectivity index (χ0v) is 44.2. The molecule has 0 aliphatic heterocycles. The van der Waals surface area contributed by atoms with Crippen molar-refractivity contribution in [3.63, 3.8) is 0 Å². The first-order chi connectivity index (χ1) is 33.7. The lowest BCUT2D eigenvalue weighted by molar-refractivity contribution is 0.568. The molecule has 2 aliphatic carbocycles. The predicted molar refractivity (Wildman–Crippen MR) is 309 cm³/mol. The summed E-state index contributed by atoms with van der Waals surface area (Å²) in [7, 11) is 0. The van der Waals surface area contributed by atoms with E-state index in [0.29, 0.717) is 0 Å². The van der Waals surface area contributed by atoms with Gasteiger partial charge in [0, 0.05) is 0 Å². The highest BCUT2D eigenvalue weighted by atomic mass is 14.4. The number of fused-ring (bicyclic) bond motifs is 9. The summed E-state index contributed by atoms with van der Waals surface area (Å²) in [6.45, 7) is 30.5. The van der Waals surface area contributed by atoms with Crippen molar-refractivity contribution in [2.75, 3.05) is 0 Å². The number of rotatable bonds is 5. The zero-order valence-electron chi connectivity index (χ0n) is 44.2. The van der Waals surface area contributed by atoms with E-state index in [4.69, 9.17) is 0 Å². The standard InChI is InChI=1S/C71H68/c1-14-25-56-64-57(67-62(44-28-19-16-20-29-44)54-33-24-23-32-53(54)61(66(56)67)43-26-17-15-18-27-43)35-34-55-58(64)42-59-60(45-36-47(68(2,3)4)40-48(37-45)69(5,6)7)51-30-21-22-31-52(51)63(65(55)59)46-38-49(70(8,9)10)41-50(39-46)71(11,12)13/h14-42H,1-13H3/b25-14-. The topological polar surface area (TPSA) is 0 Å². The molecule has 0 heteroatoms. The second kappa shape index (κ2) is 16.5. The second-order valence-electron chi connectivity index (χ2n) is 24.5. The lowest BCUT2D eigenvalue weighted by Gasteiger charge is -2.28. The highest BCUT2D eigenvalue weighted by Gasteiger charge is 2.34. The van der Waals surface area contributed by atoms with E-state index in [-0.39, 0.29) is 21.7 Å². The molecule has 352 valence electrons. The Morgan fingerprint density at radius 3 is 1.11 bits per heavy atom. The molecular weight excluding hydrogens is 853 g/mol. The Labute approximate surface area is 423 Å². The molecule has 0 aromatic heterocycles. The first-order valence-electron chi connectivity index (χ1n) is 25.9. The van der Waals surface area contributed by atoms with Crippen molar-refractivity contribution in [2.24, 2.45) is 0 Å². The Kier molecular flexibility index (Phi) is 10.8. The van der Waals surface area contributed by atoms with Crippen molar-refractivity contribution in [2.45, 2.75) is 112 Å². The van der Waals surface area contributed by atoms with Crippen LogP contribution in [0.5, 0.6) is 0 Å². The number of hydrogen-bond donors (Lipinski definition) is 0. The summed E-state index contributed by atoms with van der Waals surface area (Å²) in [5.74, 6) is 0. The van der Waals surface area contributed by atoms with E-state index >= 15 is 0 Å². The zero-order chi connectivity index (χ0) is 49.9. The molecule has 0 atom stereocenters. The SMILES string of the molecule is C/C=C\C1=c2c(ccc3c2=Cc2c-3c(-c3cc(C(C)(C)C)cc(C(C)(C)C)c3)c3ccccc3c2-c2cc(C(C)(C)C)cc(C(C)(C)C)c2)-c2c1c(-c1ccccc1)c1ccccc1c2-c1ccccc1. The Balaban J connectivity index is 1.36. The van der Waals surface area contributed by atoms with Gasteiger partial charge in [-0.25, -0.2) is 0 Å². The van der Waals surface area contributed by atoms with Crippen LogP contribution >= 0.6 is 0 Å². The van der Waals surface area contributed by atoms with Crippen LogP contribution < -0.4 is 10.4 Å². The minimum Gasteiger partial charge on any atom is -0.0870 e. The van der Waals surface area contributed by atoms with E-state index < -0.39 is 0 Å². The molecule has 2 aliphatic rings. The van der Waals surface area contributed by atoms with Crippen molar-refractivity contribution in [1.29, 1.82) is 0 Å². The lowest BCUT2D eigenvalue weighted by Crippen LogP contribution is -2.27. The Morgan fingerprint density at radius 2 is 0.690 bits per heavy atom. The molecule has 71 heavy (non-hydrogen) atoms. The molecular formula is C71H68. The van der Waals surface area contributed by atoms with E-state index in [1.54, 1.807) is 0 Å².